The Balaban J connectivity index is 2.00. The first kappa shape index (κ1) is 18.5. The van der Waals surface area contributed by atoms with E-state index in [4.69, 9.17) is 0 Å². The lowest BCUT2D eigenvalue weighted by atomic mass is 9.70. The third-order valence-electron chi connectivity index (χ3n) is 5.44. The molecule has 5 atom stereocenters. The maximum atomic E-state index is 13.1. The van der Waals surface area contributed by atoms with Crippen molar-refractivity contribution >= 4 is 29.5 Å². The number of hydrogen-bond acceptors (Lipinski definition) is 5. The fourth-order valence-electron chi connectivity index (χ4n) is 4.71. The zero-order valence-electron chi connectivity index (χ0n) is 15.2. The Hall–Kier alpha value is -1.28. The average molecular weight is 369 g/mol. The van der Waals surface area contributed by atoms with Crippen molar-refractivity contribution in [1.29, 1.82) is 0 Å². The zero-order chi connectivity index (χ0) is 18.6. The van der Waals surface area contributed by atoms with Crippen LogP contribution in [0.2, 0.25) is 0 Å². The van der Waals surface area contributed by atoms with Crippen LogP contribution in [-0.2, 0) is 14.4 Å². The third kappa shape index (κ3) is 2.73. The summed E-state index contributed by atoms with van der Waals surface area (Å²) in [5, 5.41) is 15.2. The number of hydrogen-bond donors (Lipinski definition) is 3. The SMILES string of the molecule is CNC(=O)[C@@H]1[C@@H]2CCC3(S2)C(C(=O)NC(C)(C)C)N(CCO)C(=O)[C@H]13. The van der Waals surface area contributed by atoms with Gasteiger partial charge >= 0.3 is 0 Å². The molecule has 0 saturated carbocycles. The van der Waals surface area contributed by atoms with Gasteiger partial charge in [0.2, 0.25) is 17.7 Å². The van der Waals surface area contributed by atoms with E-state index in [0.717, 1.165) is 12.8 Å². The molecule has 3 aliphatic rings. The number of nitrogens with one attached hydrogen (secondary N) is 2. The molecule has 3 amide bonds. The molecule has 3 heterocycles. The molecule has 2 unspecified atom stereocenters. The van der Waals surface area contributed by atoms with Crippen molar-refractivity contribution < 1.29 is 19.5 Å². The Morgan fingerprint density at radius 3 is 2.60 bits per heavy atom. The molecular weight excluding hydrogens is 342 g/mol. The summed E-state index contributed by atoms with van der Waals surface area (Å²) in [6, 6.07) is -0.638. The first-order valence-electron chi connectivity index (χ1n) is 8.79. The summed E-state index contributed by atoms with van der Waals surface area (Å²) in [5.41, 5.74) is -0.415. The molecule has 3 N–H and O–H groups in total. The maximum absolute atomic E-state index is 13.1. The second-order valence-corrected chi connectivity index (χ2v) is 9.77. The van der Waals surface area contributed by atoms with Crippen LogP contribution in [-0.4, -0.2) is 69.5 Å². The van der Waals surface area contributed by atoms with Crippen molar-refractivity contribution in [3.05, 3.63) is 0 Å². The molecule has 25 heavy (non-hydrogen) atoms. The molecule has 2 bridgehead atoms. The highest BCUT2D eigenvalue weighted by atomic mass is 32.2. The van der Waals surface area contributed by atoms with Gasteiger partial charge in [0, 0.05) is 24.4 Å². The summed E-state index contributed by atoms with van der Waals surface area (Å²) in [7, 11) is 1.58. The zero-order valence-corrected chi connectivity index (χ0v) is 16.0. The summed E-state index contributed by atoms with van der Waals surface area (Å²) in [6.07, 6.45) is 1.58. The lowest BCUT2D eigenvalue weighted by Crippen LogP contribution is -2.57. The van der Waals surface area contributed by atoms with Crippen LogP contribution < -0.4 is 10.6 Å². The molecule has 8 heteroatoms. The fourth-order valence-corrected chi connectivity index (χ4v) is 6.93. The van der Waals surface area contributed by atoms with Crippen molar-refractivity contribution in [2.24, 2.45) is 11.8 Å². The lowest BCUT2D eigenvalue weighted by Gasteiger charge is -2.35. The molecular formula is C17H27N3O4S. The van der Waals surface area contributed by atoms with E-state index in [2.05, 4.69) is 10.6 Å². The van der Waals surface area contributed by atoms with E-state index in [-0.39, 0.29) is 36.1 Å². The van der Waals surface area contributed by atoms with Crippen molar-refractivity contribution in [3.63, 3.8) is 0 Å². The van der Waals surface area contributed by atoms with Gasteiger partial charge in [-0.05, 0) is 33.6 Å². The van der Waals surface area contributed by atoms with Crippen LogP contribution in [0.15, 0.2) is 0 Å². The van der Waals surface area contributed by atoms with Gasteiger partial charge in [-0.1, -0.05) is 0 Å². The Bertz CT molecular complexity index is 605. The Morgan fingerprint density at radius 2 is 2.04 bits per heavy atom. The molecule has 0 radical (unpaired) electrons. The molecule has 0 aromatic heterocycles. The highest BCUT2D eigenvalue weighted by Gasteiger charge is 2.73. The number of fused-ring (bicyclic) bond motifs is 1. The molecule has 0 aromatic rings. The molecule has 3 rings (SSSR count). The van der Waals surface area contributed by atoms with Crippen LogP contribution in [0.1, 0.15) is 33.6 Å². The second-order valence-electron chi connectivity index (χ2n) is 8.16. The van der Waals surface area contributed by atoms with E-state index in [1.54, 1.807) is 18.8 Å². The standard InChI is InChI=1S/C17H27N3O4S/c1-16(2,3)19-14(23)12-17-6-5-9(25-17)10(13(22)18-4)11(17)15(24)20(12)7-8-21/h9-12,21H,5-8H2,1-4H3,(H,18,22)(H,19,23)/t9-,10+,11-,12?,17?/m0/s1. The summed E-state index contributed by atoms with van der Waals surface area (Å²) in [4.78, 5) is 40.1. The summed E-state index contributed by atoms with van der Waals surface area (Å²) < 4.78 is -0.566. The lowest BCUT2D eigenvalue weighted by molar-refractivity contribution is -0.140. The minimum absolute atomic E-state index is 0.0788. The smallest absolute Gasteiger partial charge is 0.244 e. The Kier molecular flexibility index (Phi) is 4.56. The molecule has 140 valence electrons. The number of nitrogens with zero attached hydrogens (tertiary/aromatic N) is 1. The number of aliphatic hydroxyl groups is 1. The van der Waals surface area contributed by atoms with Crippen molar-refractivity contribution in [2.75, 3.05) is 20.2 Å². The molecule has 3 fully saturated rings. The van der Waals surface area contributed by atoms with Crippen LogP contribution in [0.3, 0.4) is 0 Å². The Labute approximate surface area is 152 Å². The molecule has 3 saturated heterocycles. The van der Waals surface area contributed by atoms with Crippen molar-refractivity contribution in [1.82, 2.24) is 15.5 Å². The number of aliphatic hydroxyl groups excluding tert-OH is 1. The topological polar surface area (TPSA) is 98.7 Å². The van der Waals surface area contributed by atoms with E-state index < -0.39 is 28.2 Å². The summed E-state index contributed by atoms with van der Waals surface area (Å²) in [6.45, 7) is 5.62. The number of thioether (sulfide) groups is 1. The van der Waals surface area contributed by atoms with Crippen LogP contribution in [0.5, 0.6) is 0 Å². The van der Waals surface area contributed by atoms with E-state index >= 15 is 0 Å². The molecule has 0 aliphatic carbocycles. The van der Waals surface area contributed by atoms with Gasteiger partial charge in [-0.3, -0.25) is 14.4 Å². The number of likely N-dealkylation sites (tertiary alicyclic amines) is 1. The molecule has 3 aliphatic heterocycles. The average Bonchev–Trinajstić information content (AvgIpc) is 3.13. The number of amides is 3. The van der Waals surface area contributed by atoms with Crippen molar-refractivity contribution in [3.8, 4) is 0 Å². The number of carbonyl (C=O) groups is 3. The summed E-state index contributed by atoms with van der Waals surface area (Å²) >= 11 is 1.63. The van der Waals surface area contributed by atoms with Gasteiger partial charge in [-0.15, -0.1) is 11.8 Å². The maximum Gasteiger partial charge on any atom is 0.244 e. The van der Waals surface area contributed by atoms with E-state index in [1.807, 2.05) is 20.8 Å². The van der Waals surface area contributed by atoms with Gasteiger partial charge in [0.05, 0.1) is 23.2 Å². The van der Waals surface area contributed by atoms with E-state index in [9.17, 15) is 19.5 Å². The van der Waals surface area contributed by atoms with Gasteiger partial charge in [0.25, 0.3) is 0 Å². The van der Waals surface area contributed by atoms with E-state index in [1.165, 1.54) is 4.90 Å². The summed E-state index contributed by atoms with van der Waals surface area (Å²) in [5.74, 6) is -1.38. The van der Waals surface area contributed by atoms with Gasteiger partial charge in [-0.25, -0.2) is 0 Å². The van der Waals surface area contributed by atoms with Gasteiger partial charge in [0.1, 0.15) is 6.04 Å². The first-order chi connectivity index (χ1) is 11.7. The quantitative estimate of drug-likeness (QED) is 0.634. The van der Waals surface area contributed by atoms with Gasteiger partial charge < -0.3 is 20.6 Å². The van der Waals surface area contributed by atoms with Crippen LogP contribution in [0.25, 0.3) is 0 Å². The minimum atomic E-state index is -0.638. The monoisotopic (exact) mass is 369 g/mol. The molecule has 1 spiro atoms. The third-order valence-corrected chi connectivity index (χ3v) is 7.39. The highest BCUT2D eigenvalue weighted by molar-refractivity contribution is 8.02. The normalized spacial score (nSPS) is 36.5. The van der Waals surface area contributed by atoms with E-state index in [0.29, 0.717) is 0 Å². The Morgan fingerprint density at radius 1 is 1.36 bits per heavy atom. The fraction of sp³-hybridized carbons (Fsp3) is 0.824. The number of rotatable bonds is 4. The predicted octanol–water partition coefficient (Wildman–Crippen LogP) is -0.269. The first-order valence-corrected chi connectivity index (χ1v) is 9.67. The van der Waals surface area contributed by atoms with Crippen LogP contribution in [0.4, 0.5) is 0 Å². The largest absolute Gasteiger partial charge is 0.395 e. The predicted molar refractivity (Wildman–Crippen MR) is 94.9 cm³/mol. The highest BCUT2D eigenvalue weighted by Crippen LogP contribution is 2.66. The molecule has 7 nitrogen and oxygen atoms in total. The minimum Gasteiger partial charge on any atom is -0.395 e. The number of carbonyl (C=O) groups excluding carboxylic acids is 3. The van der Waals surface area contributed by atoms with Crippen molar-refractivity contribution in [2.45, 2.75) is 55.2 Å². The number of β-amino-alcohol motifs (C(OH)–C–C–N with tert-alkyl or cyclic N) is 1. The second kappa shape index (κ2) is 6.16. The molecule has 0 aromatic carbocycles. The van der Waals surface area contributed by atoms with Gasteiger partial charge in [0.15, 0.2) is 0 Å². The van der Waals surface area contributed by atoms with Gasteiger partial charge in [-0.2, -0.15) is 0 Å². The van der Waals surface area contributed by atoms with Crippen LogP contribution in [0, 0.1) is 11.8 Å². The van der Waals surface area contributed by atoms with Crippen LogP contribution >= 0.6 is 11.8 Å².